The second-order valence-corrected chi connectivity index (χ2v) is 9.20. The summed E-state index contributed by atoms with van der Waals surface area (Å²) < 4.78 is 13.8. The van der Waals surface area contributed by atoms with Gasteiger partial charge >= 0.3 is 0 Å². The average Bonchev–Trinajstić information content (AvgIpc) is 2.77. The van der Waals surface area contributed by atoms with E-state index < -0.39 is 5.60 Å². The van der Waals surface area contributed by atoms with Gasteiger partial charge in [-0.1, -0.05) is 30.0 Å². The van der Waals surface area contributed by atoms with Crippen LogP contribution in [-0.4, -0.2) is 59.6 Å². The molecule has 1 fully saturated rings. The molecule has 170 valence electrons. The van der Waals surface area contributed by atoms with Crippen LogP contribution in [0.15, 0.2) is 48.5 Å². The van der Waals surface area contributed by atoms with Crippen molar-refractivity contribution in [3.05, 3.63) is 71.0 Å². The van der Waals surface area contributed by atoms with Crippen LogP contribution in [0.1, 0.15) is 48.2 Å². The Morgan fingerprint density at radius 3 is 2.44 bits per heavy atom. The molecule has 2 aromatic rings. The van der Waals surface area contributed by atoms with Crippen LogP contribution in [0.25, 0.3) is 0 Å². The second kappa shape index (κ2) is 10.8. The number of hydrogen-bond donors (Lipinski definition) is 1. The topological polar surface area (TPSA) is 43.8 Å². The van der Waals surface area contributed by atoms with E-state index in [0.717, 1.165) is 56.6 Å². The molecular weight excluding hydrogens is 403 g/mol. The van der Waals surface area contributed by atoms with Crippen LogP contribution in [0.2, 0.25) is 0 Å². The summed E-state index contributed by atoms with van der Waals surface area (Å²) in [5.41, 5.74) is 1.15. The van der Waals surface area contributed by atoms with Crippen LogP contribution < -0.4 is 0 Å². The van der Waals surface area contributed by atoms with Gasteiger partial charge in [0.05, 0.1) is 0 Å². The third kappa shape index (κ3) is 7.19. The summed E-state index contributed by atoms with van der Waals surface area (Å²) in [4.78, 5) is 17.0. The standard InChI is InChI=1S/C27H33FN2O2/c1-27(2,32)16-12-21-8-10-24(11-9-21)26(31)29(3)20-22-13-17-30(18-14-22)19-15-23-6-4-5-7-25(23)28/h4-11,22,32H,13-15,17-20H2,1-3H3. The van der Waals surface area contributed by atoms with E-state index in [-0.39, 0.29) is 11.7 Å². The lowest BCUT2D eigenvalue weighted by Crippen LogP contribution is -2.40. The Morgan fingerprint density at radius 1 is 1.16 bits per heavy atom. The summed E-state index contributed by atoms with van der Waals surface area (Å²) in [6.45, 7) is 6.84. The maximum Gasteiger partial charge on any atom is 0.253 e. The zero-order valence-corrected chi connectivity index (χ0v) is 19.3. The Morgan fingerprint density at radius 2 is 1.81 bits per heavy atom. The Hall–Kier alpha value is -2.68. The van der Waals surface area contributed by atoms with Gasteiger partial charge < -0.3 is 14.9 Å². The molecule has 0 saturated carbocycles. The van der Waals surface area contributed by atoms with Crippen molar-refractivity contribution in [2.75, 3.05) is 33.2 Å². The van der Waals surface area contributed by atoms with Gasteiger partial charge in [-0.25, -0.2) is 4.39 Å². The molecular formula is C27H33FN2O2. The minimum Gasteiger partial charge on any atom is -0.378 e. The van der Waals surface area contributed by atoms with E-state index >= 15 is 0 Å². The second-order valence-electron chi connectivity index (χ2n) is 9.20. The first kappa shape index (κ1) is 24.0. The summed E-state index contributed by atoms with van der Waals surface area (Å²) in [6.07, 6.45) is 2.81. The highest BCUT2D eigenvalue weighted by Crippen LogP contribution is 2.20. The van der Waals surface area contributed by atoms with Gasteiger partial charge in [0, 0.05) is 31.3 Å². The lowest BCUT2D eigenvalue weighted by molar-refractivity contribution is 0.0740. The summed E-state index contributed by atoms with van der Waals surface area (Å²) in [5.74, 6) is 6.06. The number of rotatable bonds is 6. The van der Waals surface area contributed by atoms with Gasteiger partial charge in [0.25, 0.3) is 5.91 Å². The summed E-state index contributed by atoms with van der Waals surface area (Å²) in [5, 5.41) is 9.71. The number of nitrogens with zero attached hydrogens (tertiary/aromatic N) is 2. The summed E-state index contributed by atoms with van der Waals surface area (Å²) in [6, 6.07) is 14.2. The third-order valence-corrected chi connectivity index (χ3v) is 5.89. The molecule has 1 N–H and O–H groups in total. The number of amides is 1. The van der Waals surface area contributed by atoms with Crippen LogP contribution in [0, 0.1) is 23.6 Å². The minimum atomic E-state index is -1.04. The first-order chi connectivity index (χ1) is 15.2. The van der Waals surface area contributed by atoms with E-state index in [2.05, 4.69) is 16.7 Å². The summed E-state index contributed by atoms with van der Waals surface area (Å²) >= 11 is 0. The molecule has 2 aromatic carbocycles. The van der Waals surface area contributed by atoms with Crippen molar-refractivity contribution in [2.24, 2.45) is 5.92 Å². The van der Waals surface area contributed by atoms with Crippen molar-refractivity contribution in [2.45, 2.75) is 38.7 Å². The van der Waals surface area contributed by atoms with Gasteiger partial charge in [-0.05, 0) is 88.0 Å². The van der Waals surface area contributed by atoms with Crippen molar-refractivity contribution in [3.63, 3.8) is 0 Å². The van der Waals surface area contributed by atoms with Crippen LogP contribution in [-0.2, 0) is 6.42 Å². The zero-order valence-electron chi connectivity index (χ0n) is 19.3. The van der Waals surface area contributed by atoms with E-state index in [4.69, 9.17) is 0 Å². The largest absolute Gasteiger partial charge is 0.378 e. The molecule has 1 aliphatic heterocycles. The number of carbonyl (C=O) groups is 1. The van der Waals surface area contributed by atoms with Crippen molar-refractivity contribution in [1.82, 2.24) is 9.80 Å². The lowest BCUT2D eigenvalue weighted by Gasteiger charge is -2.34. The highest BCUT2D eigenvalue weighted by molar-refractivity contribution is 5.94. The summed E-state index contributed by atoms with van der Waals surface area (Å²) in [7, 11) is 1.86. The van der Waals surface area contributed by atoms with E-state index in [0.29, 0.717) is 11.5 Å². The SMILES string of the molecule is CN(CC1CCN(CCc2ccccc2F)CC1)C(=O)c1ccc(C#CC(C)(C)O)cc1. The average molecular weight is 437 g/mol. The smallest absolute Gasteiger partial charge is 0.253 e. The van der Waals surface area contributed by atoms with E-state index in [1.54, 1.807) is 36.9 Å². The van der Waals surface area contributed by atoms with Crippen molar-refractivity contribution in [3.8, 4) is 11.8 Å². The molecule has 1 amide bonds. The van der Waals surface area contributed by atoms with E-state index in [9.17, 15) is 14.3 Å². The fourth-order valence-corrected chi connectivity index (χ4v) is 3.98. The van der Waals surface area contributed by atoms with Gasteiger partial charge in [0.15, 0.2) is 0 Å². The predicted molar refractivity (Wildman–Crippen MR) is 126 cm³/mol. The number of piperidine rings is 1. The molecule has 5 heteroatoms. The van der Waals surface area contributed by atoms with Crippen LogP contribution in [0.3, 0.4) is 0 Å². The van der Waals surface area contributed by atoms with Gasteiger partial charge in [-0.15, -0.1) is 0 Å². The number of benzene rings is 2. The molecule has 0 aliphatic carbocycles. The number of carbonyl (C=O) groups excluding carboxylic acids is 1. The number of likely N-dealkylation sites (tertiary alicyclic amines) is 1. The highest BCUT2D eigenvalue weighted by Gasteiger charge is 2.22. The molecule has 1 saturated heterocycles. The third-order valence-electron chi connectivity index (χ3n) is 5.89. The Bertz CT molecular complexity index is 962. The Kier molecular flexibility index (Phi) is 8.06. The first-order valence-electron chi connectivity index (χ1n) is 11.3. The minimum absolute atomic E-state index is 0.00831. The molecule has 0 spiro atoms. The van der Waals surface area contributed by atoms with Gasteiger partial charge in [0.2, 0.25) is 0 Å². The monoisotopic (exact) mass is 436 g/mol. The van der Waals surface area contributed by atoms with Crippen LogP contribution >= 0.6 is 0 Å². The maximum absolute atomic E-state index is 13.8. The number of halogens is 1. The molecule has 0 aromatic heterocycles. The molecule has 1 aliphatic rings. The molecule has 0 radical (unpaired) electrons. The van der Waals surface area contributed by atoms with Crippen LogP contribution in [0.5, 0.6) is 0 Å². The normalized spacial score (nSPS) is 15.2. The molecule has 32 heavy (non-hydrogen) atoms. The number of hydrogen-bond acceptors (Lipinski definition) is 3. The lowest BCUT2D eigenvalue weighted by atomic mass is 9.95. The maximum atomic E-state index is 13.8. The molecule has 3 rings (SSSR count). The van der Waals surface area contributed by atoms with E-state index in [1.165, 1.54) is 6.07 Å². The zero-order chi connectivity index (χ0) is 23.1. The van der Waals surface area contributed by atoms with Crippen LogP contribution in [0.4, 0.5) is 4.39 Å². The van der Waals surface area contributed by atoms with Gasteiger partial charge in [-0.2, -0.15) is 0 Å². The highest BCUT2D eigenvalue weighted by atomic mass is 19.1. The van der Waals surface area contributed by atoms with E-state index in [1.807, 2.05) is 31.3 Å². The molecule has 0 unspecified atom stereocenters. The molecule has 0 bridgehead atoms. The Labute approximate surface area is 191 Å². The van der Waals surface area contributed by atoms with Crippen molar-refractivity contribution >= 4 is 5.91 Å². The quantitative estimate of drug-likeness (QED) is 0.697. The number of aliphatic hydroxyl groups is 1. The van der Waals surface area contributed by atoms with Crippen molar-refractivity contribution < 1.29 is 14.3 Å². The fraction of sp³-hybridized carbons (Fsp3) is 0.444. The Balaban J connectivity index is 1.45. The molecule has 4 nitrogen and oxygen atoms in total. The fourth-order valence-electron chi connectivity index (χ4n) is 3.98. The molecule has 1 heterocycles. The van der Waals surface area contributed by atoms with Crippen molar-refractivity contribution in [1.29, 1.82) is 0 Å². The molecule has 0 atom stereocenters. The van der Waals surface area contributed by atoms with Gasteiger partial charge in [-0.3, -0.25) is 4.79 Å². The first-order valence-corrected chi connectivity index (χ1v) is 11.3. The van der Waals surface area contributed by atoms with Gasteiger partial charge in [0.1, 0.15) is 11.4 Å². The predicted octanol–water partition coefficient (Wildman–Crippen LogP) is 3.97.